The fourth-order valence-corrected chi connectivity index (χ4v) is 3.82. The highest BCUT2D eigenvalue weighted by Gasteiger charge is 2.33. The number of pyridine rings is 1. The summed E-state index contributed by atoms with van der Waals surface area (Å²) >= 11 is 6.63. The van der Waals surface area contributed by atoms with Crippen LogP contribution in [0.3, 0.4) is 0 Å². The fraction of sp³-hybridized carbons (Fsp3) is 0.583. The van der Waals surface area contributed by atoms with Crippen LogP contribution in [0.1, 0.15) is 25.7 Å². The van der Waals surface area contributed by atoms with Gasteiger partial charge in [-0.05, 0) is 34.2 Å². The minimum absolute atomic E-state index is 0.0402. The quantitative estimate of drug-likeness (QED) is 0.446. The van der Waals surface area contributed by atoms with E-state index in [2.05, 4.69) is 31.9 Å². The van der Waals surface area contributed by atoms with Crippen molar-refractivity contribution in [3.05, 3.63) is 37.2 Å². The molecule has 1 aliphatic rings. The molecule has 104 valence electrons. The molecule has 0 radical (unpaired) electrons. The monoisotopic (exact) mass is 392 g/mol. The predicted octanol–water partition coefficient (Wildman–Crippen LogP) is 3.47. The highest BCUT2D eigenvalue weighted by Crippen LogP contribution is 2.41. The van der Waals surface area contributed by atoms with Gasteiger partial charge in [0.15, 0.2) is 0 Å². The molecule has 2 rings (SSSR count). The Morgan fingerprint density at radius 3 is 2.58 bits per heavy atom. The number of alkyl halides is 1. The van der Waals surface area contributed by atoms with Gasteiger partial charge >= 0.3 is 0 Å². The minimum atomic E-state index is -0.476. The summed E-state index contributed by atoms with van der Waals surface area (Å²) in [7, 11) is 0. The first-order chi connectivity index (χ1) is 8.97. The normalized spacial score (nSPS) is 17.6. The molecule has 1 fully saturated rings. The van der Waals surface area contributed by atoms with Crippen molar-refractivity contribution in [3.63, 3.8) is 0 Å². The maximum absolute atomic E-state index is 12.1. The smallest absolute Gasteiger partial charge is 0.286 e. The maximum Gasteiger partial charge on any atom is 0.286 e. The van der Waals surface area contributed by atoms with Gasteiger partial charge in [0.05, 0.1) is 15.6 Å². The Morgan fingerprint density at radius 2 is 2.05 bits per heavy atom. The number of hydrogen-bond donors (Lipinski definition) is 0. The number of nitrogens with zero attached hydrogens (tertiary/aromatic N) is 2. The van der Waals surface area contributed by atoms with E-state index in [4.69, 9.17) is 0 Å². The van der Waals surface area contributed by atoms with Gasteiger partial charge < -0.3 is 4.57 Å². The largest absolute Gasteiger partial charge is 0.307 e. The van der Waals surface area contributed by atoms with Gasteiger partial charge in [0.1, 0.15) is 0 Å². The lowest BCUT2D eigenvalue weighted by Crippen LogP contribution is -2.32. The second-order valence-electron chi connectivity index (χ2n) is 5.08. The zero-order valence-corrected chi connectivity index (χ0v) is 13.4. The van der Waals surface area contributed by atoms with Gasteiger partial charge in [-0.15, -0.1) is 0 Å². The zero-order valence-electron chi connectivity index (χ0n) is 10.3. The van der Waals surface area contributed by atoms with Gasteiger partial charge in [-0.1, -0.05) is 28.8 Å². The van der Waals surface area contributed by atoms with Gasteiger partial charge in [0.2, 0.25) is 0 Å². The van der Waals surface area contributed by atoms with Gasteiger partial charge in [-0.3, -0.25) is 14.9 Å². The minimum Gasteiger partial charge on any atom is -0.307 e. The van der Waals surface area contributed by atoms with Crippen LogP contribution in [0.5, 0.6) is 0 Å². The summed E-state index contributed by atoms with van der Waals surface area (Å²) in [5.41, 5.74) is -0.231. The first-order valence-electron chi connectivity index (χ1n) is 6.08. The first-order valence-corrected chi connectivity index (χ1v) is 7.99. The van der Waals surface area contributed by atoms with Crippen LogP contribution in [-0.4, -0.2) is 14.8 Å². The Hall–Kier alpha value is -0.690. The molecule has 0 amide bonds. The number of hydrogen-bond acceptors (Lipinski definition) is 3. The molecule has 0 N–H and O–H groups in total. The summed E-state index contributed by atoms with van der Waals surface area (Å²) in [6, 6.07) is 1.26. The summed E-state index contributed by atoms with van der Waals surface area (Å²) in [4.78, 5) is 22.5. The number of nitro groups is 1. The summed E-state index contributed by atoms with van der Waals surface area (Å²) in [6.45, 7) is 0.525. The van der Waals surface area contributed by atoms with Crippen molar-refractivity contribution in [2.24, 2.45) is 5.41 Å². The molecule has 0 atom stereocenters. The molecule has 0 unspecified atom stereocenters. The molecule has 7 heteroatoms. The van der Waals surface area contributed by atoms with Crippen LogP contribution in [-0.2, 0) is 6.54 Å². The molecule has 1 aromatic rings. The molecule has 0 saturated heterocycles. The van der Waals surface area contributed by atoms with Crippen LogP contribution >= 0.6 is 31.9 Å². The van der Waals surface area contributed by atoms with Crippen molar-refractivity contribution < 1.29 is 4.92 Å². The molecule has 1 aromatic heterocycles. The molecule has 1 heterocycles. The fourth-order valence-electron chi connectivity index (χ4n) is 2.62. The van der Waals surface area contributed by atoms with E-state index in [1.165, 1.54) is 16.8 Å². The Bertz CT molecular complexity index is 550. The summed E-state index contributed by atoms with van der Waals surface area (Å²) < 4.78 is 1.71. The van der Waals surface area contributed by atoms with Crippen molar-refractivity contribution >= 4 is 37.5 Å². The second-order valence-corrected chi connectivity index (χ2v) is 6.49. The molecular weight excluding hydrogens is 380 g/mol. The van der Waals surface area contributed by atoms with E-state index in [0.717, 1.165) is 31.0 Å². The highest BCUT2D eigenvalue weighted by atomic mass is 79.9. The Kier molecular flexibility index (Phi) is 4.45. The standard InChI is InChI=1S/C12H14Br2N2O3/c13-7-12(3-1-2-4-12)8-15-6-9(16(18)19)5-10(14)11(15)17/h5-6H,1-4,7-8H2. The van der Waals surface area contributed by atoms with E-state index in [0.29, 0.717) is 6.54 Å². The molecule has 1 aliphatic carbocycles. The van der Waals surface area contributed by atoms with Crippen molar-refractivity contribution in [3.8, 4) is 0 Å². The molecule has 19 heavy (non-hydrogen) atoms. The summed E-state index contributed by atoms with van der Waals surface area (Å²) in [5.74, 6) is 0. The average molecular weight is 394 g/mol. The van der Waals surface area contributed by atoms with Crippen LogP contribution in [0, 0.1) is 15.5 Å². The molecule has 5 nitrogen and oxygen atoms in total. The topological polar surface area (TPSA) is 65.1 Å². The lowest BCUT2D eigenvalue weighted by Gasteiger charge is -2.27. The first kappa shape index (κ1) is 14.7. The van der Waals surface area contributed by atoms with Crippen LogP contribution in [0.4, 0.5) is 5.69 Å². The third kappa shape index (κ3) is 3.08. The Balaban J connectivity index is 2.39. The van der Waals surface area contributed by atoms with E-state index in [-0.39, 0.29) is 21.1 Å². The second kappa shape index (κ2) is 5.75. The van der Waals surface area contributed by atoms with Crippen molar-refractivity contribution in [2.45, 2.75) is 32.2 Å². The molecule has 1 saturated carbocycles. The van der Waals surface area contributed by atoms with E-state index < -0.39 is 4.92 Å². The number of rotatable bonds is 4. The molecule has 0 spiro atoms. The third-order valence-electron chi connectivity index (χ3n) is 3.69. The van der Waals surface area contributed by atoms with Gasteiger partial charge in [0, 0.05) is 17.9 Å². The van der Waals surface area contributed by atoms with E-state index in [1.54, 1.807) is 0 Å². The SMILES string of the molecule is O=c1c(Br)cc([N+](=O)[O-])cn1CC1(CBr)CCCC1. The van der Waals surface area contributed by atoms with Gasteiger partial charge in [0.25, 0.3) is 11.2 Å². The molecule has 0 aromatic carbocycles. The summed E-state index contributed by atoms with van der Waals surface area (Å²) in [6.07, 6.45) is 5.73. The Morgan fingerprint density at radius 1 is 1.42 bits per heavy atom. The van der Waals surface area contributed by atoms with E-state index in [9.17, 15) is 14.9 Å². The Labute approximate surface area is 127 Å². The van der Waals surface area contributed by atoms with Crippen molar-refractivity contribution in [1.82, 2.24) is 4.57 Å². The molecule has 0 bridgehead atoms. The number of halogens is 2. The van der Waals surface area contributed by atoms with Crippen molar-refractivity contribution in [1.29, 1.82) is 0 Å². The molecular formula is C12H14Br2N2O3. The maximum atomic E-state index is 12.1. The average Bonchev–Trinajstić information content (AvgIpc) is 2.83. The van der Waals surface area contributed by atoms with Gasteiger partial charge in [-0.2, -0.15) is 0 Å². The van der Waals surface area contributed by atoms with Crippen LogP contribution < -0.4 is 5.56 Å². The predicted molar refractivity (Wildman–Crippen MR) is 79.8 cm³/mol. The number of aromatic nitrogens is 1. The molecule has 0 aliphatic heterocycles. The van der Waals surface area contributed by atoms with Crippen LogP contribution in [0.15, 0.2) is 21.5 Å². The van der Waals surface area contributed by atoms with Crippen molar-refractivity contribution in [2.75, 3.05) is 5.33 Å². The highest BCUT2D eigenvalue weighted by molar-refractivity contribution is 9.10. The lowest BCUT2D eigenvalue weighted by molar-refractivity contribution is -0.385. The van der Waals surface area contributed by atoms with Crippen LogP contribution in [0.2, 0.25) is 0 Å². The van der Waals surface area contributed by atoms with E-state index >= 15 is 0 Å². The van der Waals surface area contributed by atoms with Crippen LogP contribution in [0.25, 0.3) is 0 Å². The lowest BCUT2D eigenvalue weighted by atomic mass is 9.88. The third-order valence-corrected chi connectivity index (χ3v) is 5.45. The summed E-state index contributed by atoms with van der Waals surface area (Å²) in [5, 5.41) is 11.7. The zero-order chi connectivity index (χ0) is 14.0. The van der Waals surface area contributed by atoms with Gasteiger partial charge in [-0.25, -0.2) is 0 Å². The van der Waals surface area contributed by atoms with E-state index in [1.807, 2.05) is 0 Å².